The van der Waals surface area contributed by atoms with Crippen molar-refractivity contribution in [2.75, 3.05) is 44.8 Å². The summed E-state index contributed by atoms with van der Waals surface area (Å²) in [5.41, 5.74) is 2.01. The molecule has 1 unspecified atom stereocenters. The van der Waals surface area contributed by atoms with Gasteiger partial charge in [0.25, 0.3) is 0 Å². The van der Waals surface area contributed by atoms with E-state index < -0.39 is 0 Å². The Morgan fingerprint density at radius 3 is 2.85 bits per heavy atom. The van der Waals surface area contributed by atoms with E-state index in [-0.39, 0.29) is 0 Å². The van der Waals surface area contributed by atoms with Gasteiger partial charge in [-0.2, -0.15) is 0 Å². The topological polar surface area (TPSA) is 41.5 Å². The van der Waals surface area contributed by atoms with E-state index in [2.05, 4.69) is 26.7 Å². The highest BCUT2D eigenvalue weighted by molar-refractivity contribution is 5.44. The number of rotatable bonds is 5. The molecule has 1 aliphatic rings. The van der Waals surface area contributed by atoms with Gasteiger partial charge in [0.15, 0.2) is 0 Å². The third kappa shape index (κ3) is 3.46. The Bertz CT molecular complexity index is 438. The van der Waals surface area contributed by atoms with E-state index in [9.17, 15) is 0 Å². The predicted octanol–water partition coefficient (Wildman–Crippen LogP) is 1.64. The van der Waals surface area contributed by atoms with Crippen LogP contribution in [0.3, 0.4) is 0 Å². The first-order valence-electron chi connectivity index (χ1n) is 7.43. The molecule has 0 spiro atoms. The van der Waals surface area contributed by atoms with Gasteiger partial charge in [0.2, 0.25) is 0 Å². The Balaban J connectivity index is 2.07. The van der Waals surface area contributed by atoms with Crippen LogP contribution < -0.4 is 4.90 Å². The first kappa shape index (κ1) is 15.2. The van der Waals surface area contributed by atoms with Crippen molar-refractivity contribution >= 4 is 5.82 Å². The lowest BCUT2D eigenvalue weighted by Crippen LogP contribution is -2.54. The SMILES string of the molecule is CCC1CN(c2nc(C)cnc2C)CCN1CCOC. The standard InChI is InChI=1S/C15H26N4O/c1-5-14-11-19(7-6-18(14)8-9-20-4)15-13(3)16-10-12(2)17-15/h10,14H,5-9,11H2,1-4H3. The van der Waals surface area contributed by atoms with Gasteiger partial charge >= 0.3 is 0 Å². The highest BCUT2D eigenvalue weighted by Crippen LogP contribution is 2.21. The molecule has 20 heavy (non-hydrogen) atoms. The summed E-state index contributed by atoms with van der Waals surface area (Å²) in [6, 6.07) is 0.570. The molecule has 1 aromatic rings. The second-order valence-corrected chi connectivity index (χ2v) is 5.46. The van der Waals surface area contributed by atoms with Crippen LogP contribution in [0.1, 0.15) is 24.7 Å². The normalized spacial score (nSPS) is 20.4. The van der Waals surface area contributed by atoms with Gasteiger partial charge in [0.1, 0.15) is 5.82 Å². The van der Waals surface area contributed by atoms with Crippen LogP contribution in [-0.2, 0) is 4.74 Å². The fourth-order valence-corrected chi connectivity index (χ4v) is 2.80. The molecule has 0 radical (unpaired) electrons. The van der Waals surface area contributed by atoms with Gasteiger partial charge in [-0.1, -0.05) is 6.92 Å². The molecule has 1 aromatic heterocycles. The minimum absolute atomic E-state index is 0.570. The fraction of sp³-hybridized carbons (Fsp3) is 0.733. The van der Waals surface area contributed by atoms with Crippen LogP contribution in [0, 0.1) is 13.8 Å². The van der Waals surface area contributed by atoms with Crippen LogP contribution in [0.25, 0.3) is 0 Å². The van der Waals surface area contributed by atoms with Gasteiger partial charge in [-0.05, 0) is 20.3 Å². The molecular formula is C15H26N4O. The van der Waals surface area contributed by atoms with Crippen LogP contribution in [0.5, 0.6) is 0 Å². The molecule has 2 heterocycles. The molecule has 1 aliphatic heterocycles. The highest BCUT2D eigenvalue weighted by atomic mass is 16.5. The van der Waals surface area contributed by atoms with Crippen LogP contribution in [-0.4, -0.2) is 60.8 Å². The Hall–Kier alpha value is -1.20. The Kier molecular flexibility index (Phi) is 5.31. The second-order valence-electron chi connectivity index (χ2n) is 5.46. The molecule has 0 aromatic carbocycles. The van der Waals surface area contributed by atoms with Crippen molar-refractivity contribution in [3.8, 4) is 0 Å². The van der Waals surface area contributed by atoms with Crippen LogP contribution in [0.2, 0.25) is 0 Å². The third-order valence-electron chi connectivity index (χ3n) is 4.01. The summed E-state index contributed by atoms with van der Waals surface area (Å²) < 4.78 is 5.21. The minimum Gasteiger partial charge on any atom is -0.383 e. The molecule has 0 aliphatic carbocycles. The zero-order valence-corrected chi connectivity index (χ0v) is 13.1. The molecule has 5 heteroatoms. The number of aromatic nitrogens is 2. The molecule has 5 nitrogen and oxygen atoms in total. The lowest BCUT2D eigenvalue weighted by atomic mass is 10.1. The summed E-state index contributed by atoms with van der Waals surface area (Å²) in [6.07, 6.45) is 2.99. The summed E-state index contributed by atoms with van der Waals surface area (Å²) >= 11 is 0. The number of anilines is 1. The molecule has 0 amide bonds. The number of ether oxygens (including phenoxy) is 1. The fourth-order valence-electron chi connectivity index (χ4n) is 2.80. The molecule has 0 N–H and O–H groups in total. The average Bonchev–Trinajstić information content (AvgIpc) is 2.47. The van der Waals surface area contributed by atoms with Gasteiger partial charge in [0.05, 0.1) is 18.0 Å². The Morgan fingerprint density at radius 2 is 2.15 bits per heavy atom. The van der Waals surface area contributed by atoms with E-state index >= 15 is 0 Å². The van der Waals surface area contributed by atoms with E-state index in [0.717, 1.165) is 56.4 Å². The summed E-state index contributed by atoms with van der Waals surface area (Å²) in [4.78, 5) is 14.0. The average molecular weight is 278 g/mol. The maximum atomic E-state index is 5.21. The quantitative estimate of drug-likeness (QED) is 0.819. The number of aryl methyl sites for hydroxylation is 2. The monoisotopic (exact) mass is 278 g/mol. The van der Waals surface area contributed by atoms with Gasteiger partial charge < -0.3 is 9.64 Å². The molecule has 112 valence electrons. The zero-order chi connectivity index (χ0) is 14.5. The summed E-state index contributed by atoms with van der Waals surface area (Å²) in [7, 11) is 1.77. The highest BCUT2D eigenvalue weighted by Gasteiger charge is 2.27. The van der Waals surface area contributed by atoms with Crippen molar-refractivity contribution in [3.63, 3.8) is 0 Å². The smallest absolute Gasteiger partial charge is 0.150 e. The van der Waals surface area contributed by atoms with Gasteiger partial charge in [-0.15, -0.1) is 0 Å². The maximum absolute atomic E-state index is 5.21. The number of hydrogen-bond acceptors (Lipinski definition) is 5. The molecule has 0 bridgehead atoms. The third-order valence-corrected chi connectivity index (χ3v) is 4.01. The van der Waals surface area contributed by atoms with Crippen molar-refractivity contribution in [2.45, 2.75) is 33.2 Å². The van der Waals surface area contributed by atoms with Gasteiger partial charge in [0, 0.05) is 45.5 Å². The summed E-state index contributed by atoms with van der Waals surface area (Å²) in [6.45, 7) is 11.2. The predicted molar refractivity (Wildman–Crippen MR) is 81.2 cm³/mol. The van der Waals surface area contributed by atoms with Crippen molar-refractivity contribution < 1.29 is 4.74 Å². The van der Waals surface area contributed by atoms with E-state index in [4.69, 9.17) is 4.74 Å². The second kappa shape index (κ2) is 6.99. The molecule has 1 atom stereocenters. The van der Waals surface area contributed by atoms with E-state index in [1.165, 1.54) is 0 Å². The van der Waals surface area contributed by atoms with Crippen LogP contribution in [0.4, 0.5) is 5.82 Å². The van der Waals surface area contributed by atoms with Crippen molar-refractivity contribution in [1.29, 1.82) is 0 Å². The van der Waals surface area contributed by atoms with E-state index in [0.29, 0.717) is 6.04 Å². The molecule has 1 fully saturated rings. The Morgan fingerprint density at radius 1 is 1.35 bits per heavy atom. The molecular weight excluding hydrogens is 252 g/mol. The summed E-state index contributed by atoms with van der Waals surface area (Å²) in [5.74, 6) is 1.05. The number of hydrogen-bond donors (Lipinski definition) is 0. The van der Waals surface area contributed by atoms with Gasteiger partial charge in [-0.3, -0.25) is 9.88 Å². The van der Waals surface area contributed by atoms with Crippen LogP contribution >= 0.6 is 0 Å². The Labute approximate surface area is 122 Å². The van der Waals surface area contributed by atoms with E-state index in [1.807, 2.05) is 20.0 Å². The number of methoxy groups -OCH3 is 1. The van der Waals surface area contributed by atoms with Gasteiger partial charge in [-0.25, -0.2) is 4.98 Å². The summed E-state index contributed by atoms with van der Waals surface area (Å²) in [5, 5.41) is 0. The van der Waals surface area contributed by atoms with E-state index in [1.54, 1.807) is 7.11 Å². The lowest BCUT2D eigenvalue weighted by molar-refractivity contribution is 0.109. The molecule has 0 saturated carbocycles. The maximum Gasteiger partial charge on any atom is 0.150 e. The molecule has 1 saturated heterocycles. The first-order valence-corrected chi connectivity index (χ1v) is 7.43. The van der Waals surface area contributed by atoms with Crippen molar-refractivity contribution in [3.05, 3.63) is 17.6 Å². The van der Waals surface area contributed by atoms with Crippen molar-refractivity contribution in [2.24, 2.45) is 0 Å². The lowest BCUT2D eigenvalue weighted by Gasteiger charge is -2.41. The molecule has 2 rings (SSSR count). The first-order chi connectivity index (χ1) is 9.65. The largest absolute Gasteiger partial charge is 0.383 e. The van der Waals surface area contributed by atoms with Crippen LogP contribution in [0.15, 0.2) is 6.20 Å². The number of piperazine rings is 1. The number of nitrogens with zero attached hydrogens (tertiary/aromatic N) is 4. The van der Waals surface area contributed by atoms with Crippen molar-refractivity contribution in [1.82, 2.24) is 14.9 Å². The minimum atomic E-state index is 0.570. The zero-order valence-electron chi connectivity index (χ0n) is 13.1.